The highest BCUT2D eigenvalue weighted by atomic mass is 19.1. The monoisotopic (exact) mass is 242 g/mol. The van der Waals surface area contributed by atoms with Crippen molar-refractivity contribution in [1.29, 1.82) is 0 Å². The first kappa shape index (κ1) is 10.9. The van der Waals surface area contributed by atoms with Crippen molar-refractivity contribution in [3.05, 3.63) is 54.0 Å². The van der Waals surface area contributed by atoms with Crippen LogP contribution in [0.15, 0.2) is 42.6 Å². The molecule has 0 saturated heterocycles. The summed E-state index contributed by atoms with van der Waals surface area (Å²) in [5.41, 5.74) is 7.92. The third-order valence-electron chi connectivity index (χ3n) is 2.72. The SMILES string of the molecule is NCc1ccn2nc(-c3cccc(F)c3)nc2c1. The molecule has 2 N–H and O–H groups in total. The topological polar surface area (TPSA) is 56.2 Å². The predicted octanol–water partition coefficient (Wildman–Crippen LogP) is 1.99. The Hall–Kier alpha value is -2.27. The maximum absolute atomic E-state index is 13.1. The second kappa shape index (κ2) is 4.19. The molecule has 18 heavy (non-hydrogen) atoms. The van der Waals surface area contributed by atoms with Crippen LogP contribution >= 0.6 is 0 Å². The van der Waals surface area contributed by atoms with Crippen molar-refractivity contribution >= 4 is 5.65 Å². The number of benzene rings is 1. The number of nitrogens with zero attached hydrogens (tertiary/aromatic N) is 3. The molecule has 0 aliphatic carbocycles. The molecule has 2 aromatic heterocycles. The van der Waals surface area contributed by atoms with Gasteiger partial charge in [-0.05, 0) is 29.8 Å². The molecule has 0 aliphatic heterocycles. The molecule has 0 fully saturated rings. The summed E-state index contributed by atoms with van der Waals surface area (Å²) in [5.74, 6) is 0.206. The molecule has 1 aromatic carbocycles. The van der Waals surface area contributed by atoms with E-state index < -0.39 is 0 Å². The third-order valence-corrected chi connectivity index (χ3v) is 2.72. The maximum Gasteiger partial charge on any atom is 0.182 e. The van der Waals surface area contributed by atoms with Crippen molar-refractivity contribution in [2.75, 3.05) is 0 Å². The van der Waals surface area contributed by atoms with Gasteiger partial charge in [-0.25, -0.2) is 13.9 Å². The van der Waals surface area contributed by atoms with E-state index in [1.54, 1.807) is 22.8 Å². The average Bonchev–Trinajstić information content (AvgIpc) is 2.81. The number of hydrogen-bond donors (Lipinski definition) is 1. The van der Waals surface area contributed by atoms with Gasteiger partial charge in [0.2, 0.25) is 0 Å². The minimum atomic E-state index is -0.297. The van der Waals surface area contributed by atoms with Crippen molar-refractivity contribution in [3.63, 3.8) is 0 Å². The van der Waals surface area contributed by atoms with E-state index in [1.165, 1.54) is 12.1 Å². The first-order chi connectivity index (χ1) is 8.76. The predicted molar refractivity (Wildman–Crippen MR) is 66.3 cm³/mol. The summed E-state index contributed by atoms with van der Waals surface area (Å²) in [4.78, 5) is 4.36. The lowest BCUT2D eigenvalue weighted by molar-refractivity contribution is 0.628. The minimum absolute atomic E-state index is 0.297. The first-order valence-electron chi connectivity index (χ1n) is 5.57. The van der Waals surface area contributed by atoms with Crippen molar-refractivity contribution in [1.82, 2.24) is 14.6 Å². The molecule has 3 aromatic rings. The second-order valence-electron chi connectivity index (χ2n) is 3.99. The van der Waals surface area contributed by atoms with E-state index >= 15 is 0 Å². The van der Waals surface area contributed by atoms with Crippen molar-refractivity contribution in [2.45, 2.75) is 6.54 Å². The van der Waals surface area contributed by atoms with Gasteiger partial charge in [0, 0.05) is 18.3 Å². The standard InChI is InChI=1S/C13H11FN4/c14-11-3-1-2-10(7-11)13-16-12-6-9(8-15)4-5-18(12)17-13/h1-7H,8,15H2. The average molecular weight is 242 g/mol. The summed E-state index contributed by atoms with van der Waals surface area (Å²) in [6.45, 7) is 0.457. The largest absolute Gasteiger partial charge is 0.326 e. The summed E-state index contributed by atoms with van der Waals surface area (Å²) < 4.78 is 14.8. The van der Waals surface area contributed by atoms with Crippen LogP contribution in [0.1, 0.15) is 5.56 Å². The zero-order valence-electron chi connectivity index (χ0n) is 9.55. The van der Waals surface area contributed by atoms with Gasteiger partial charge in [0.1, 0.15) is 5.82 Å². The van der Waals surface area contributed by atoms with Crippen LogP contribution < -0.4 is 5.73 Å². The molecule has 0 unspecified atom stereocenters. The Kier molecular flexibility index (Phi) is 2.53. The molecule has 0 atom stereocenters. The van der Waals surface area contributed by atoms with Crippen LogP contribution in [-0.4, -0.2) is 14.6 Å². The Bertz CT molecular complexity index is 705. The van der Waals surface area contributed by atoms with E-state index in [4.69, 9.17) is 5.73 Å². The van der Waals surface area contributed by atoms with E-state index in [0.717, 1.165) is 5.56 Å². The fourth-order valence-electron chi connectivity index (χ4n) is 1.80. The number of rotatable bonds is 2. The van der Waals surface area contributed by atoms with Gasteiger partial charge in [0.25, 0.3) is 0 Å². The van der Waals surface area contributed by atoms with Crippen LogP contribution in [0.4, 0.5) is 4.39 Å². The Morgan fingerprint density at radius 3 is 2.89 bits per heavy atom. The number of hydrogen-bond acceptors (Lipinski definition) is 3. The van der Waals surface area contributed by atoms with Gasteiger partial charge in [-0.1, -0.05) is 12.1 Å². The minimum Gasteiger partial charge on any atom is -0.326 e. The lowest BCUT2D eigenvalue weighted by atomic mass is 10.2. The highest BCUT2D eigenvalue weighted by Gasteiger charge is 2.07. The zero-order valence-corrected chi connectivity index (χ0v) is 9.55. The number of fused-ring (bicyclic) bond motifs is 1. The molecule has 3 rings (SSSR count). The van der Waals surface area contributed by atoms with Crippen LogP contribution in [0.3, 0.4) is 0 Å². The van der Waals surface area contributed by atoms with Crippen molar-refractivity contribution < 1.29 is 4.39 Å². The molecule has 0 spiro atoms. The van der Waals surface area contributed by atoms with E-state index in [-0.39, 0.29) is 5.82 Å². The molecule has 0 aliphatic rings. The van der Waals surface area contributed by atoms with E-state index in [9.17, 15) is 4.39 Å². The van der Waals surface area contributed by atoms with Gasteiger partial charge in [-0.2, -0.15) is 0 Å². The van der Waals surface area contributed by atoms with Gasteiger partial charge in [-0.3, -0.25) is 0 Å². The summed E-state index contributed by atoms with van der Waals surface area (Å²) in [6.07, 6.45) is 1.80. The smallest absolute Gasteiger partial charge is 0.182 e. The van der Waals surface area contributed by atoms with Gasteiger partial charge in [0.15, 0.2) is 11.5 Å². The van der Waals surface area contributed by atoms with Gasteiger partial charge in [0.05, 0.1) is 0 Å². The Balaban J connectivity index is 2.13. The van der Waals surface area contributed by atoms with Crippen LogP contribution in [-0.2, 0) is 6.54 Å². The molecular formula is C13H11FN4. The summed E-state index contributed by atoms with van der Waals surface area (Å²) in [7, 11) is 0. The summed E-state index contributed by atoms with van der Waals surface area (Å²) in [6, 6.07) is 9.99. The molecule has 0 amide bonds. The Labute approximate surface area is 103 Å². The molecule has 2 heterocycles. The molecule has 90 valence electrons. The molecule has 5 heteroatoms. The van der Waals surface area contributed by atoms with Gasteiger partial charge < -0.3 is 5.73 Å². The van der Waals surface area contributed by atoms with E-state index in [0.29, 0.717) is 23.6 Å². The van der Waals surface area contributed by atoms with Gasteiger partial charge in [-0.15, -0.1) is 5.10 Å². The van der Waals surface area contributed by atoms with E-state index in [2.05, 4.69) is 10.1 Å². The fraction of sp³-hybridized carbons (Fsp3) is 0.0769. The summed E-state index contributed by atoms with van der Waals surface area (Å²) >= 11 is 0. The van der Waals surface area contributed by atoms with Crippen LogP contribution in [0, 0.1) is 5.82 Å². The van der Waals surface area contributed by atoms with E-state index in [1.807, 2.05) is 12.1 Å². The second-order valence-corrected chi connectivity index (χ2v) is 3.99. The third kappa shape index (κ3) is 1.84. The highest BCUT2D eigenvalue weighted by molar-refractivity contribution is 5.58. The molecule has 4 nitrogen and oxygen atoms in total. The number of aromatic nitrogens is 3. The lowest BCUT2D eigenvalue weighted by Gasteiger charge is -1.95. The molecule has 0 bridgehead atoms. The van der Waals surface area contributed by atoms with Crippen molar-refractivity contribution in [3.8, 4) is 11.4 Å². The lowest BCUT2D eigenvalue weighted by Crippen LogP contribution is -1.97. The summed E-state index contributed by atoms with van der Waals surface area (Å²) in [5, 5.41) is 4.30. The molecule has 0 saturated carbocycles. The van der Waals surface area contributed by atoms with Crippen molar-refractivity contribution in [2.24, 2.45) is 5.73 Å². The molecule has 0 radical (unpaired) electrons. The maximum atomic E-state index is 13.1. The fourth-order valence-corrected chi connectivity index (χ4v) is 1.80. The van der Waals surface area contributed by atoms with Gasteiger partial charge >= 0.3 is 0 Å². The number of pyridine rings is 1. The first-order valence-corrected chi connectivity index (χ1v) is 5.57. The van der Waals surface area contributed by atoms with Crippen LogP contribution in [0.5, 0.6) is 0 Å². The Morgan fingerprint density at radius 1 is 1.22 bits per heavy atom. The zero-order chi connectivity index (χ0) is 12.5. The highest BCUT2D eigenvalue weighted by Crippen LogP contribution is 2.17. The van der Waals surface area contributed by atoms with Crippen LogP contribution in [0.2, 0.25) is 0 Å². The normalized spacial score (nSPS) is 11.0. The Morgan fingerprint density at radius 2 is 2.11 bits per heavy atom. The number of halogens is 1. The quantitative estimate of drug-likeness (QED) is 0.747. The number of nitrogens with two attached hydrogens (primary N) is 1. The van der Waals surface area contributed by atoms with Crippen LogP contribution in [0.25, 0.3) is 17.0 Å². The molecular weight excluding hydrogens is 231 g/mol.